The largest absolute Gasteiger partial charge is 0.482 e. The van der Waals surface area contributed by atoms with E-state index in [4.69, 9.17) is 14.0 Å². The predicted molar refractivity (Wildman–Crippen MR) is 88.5 cm³/mol. The van der Waals surface area contributed by atoms with Crippen molar-refractivity contribution in [3.8, 4) is 11.5 Å². The molecule has 0 N–H and O–H groups in total. The Morgan fingerprint density at radius 1 is 1.24 bits per heavy atom. The van der Waals surface area contributed by atoms with E-state index in [9.17, 15) is 4.79 Å². The Morgan fingerprint density at radius 2 is 2.00 bits per heavy atom. The van der Waals surface area contributed by atoms with Crippen LogP contribution in [0, 0.1) is 6.92 Å². The average molecular weight is 343 g/mol. The lowest BCUT2D eigenvalue weighted by Crippen LogP contribution is -2.52. The highest BCUT2D eigenvalue weighted by molar-refractivity contribution is 5.82. The van der Waals surface area contributed by atoms with Crippen molar-refractivity contribution in [1.29, 1.82) is 0 Å². The van der Waals surface area contributed by atoms with Crippen molar-refractivity contribution in [3.05, 3.63) is 36.0 Å². The monoisotopic (exact) mass is 343 g/mol. The molecule has 1 aromatic carbocycles. The molecule has 0 aliphatic carbocycles. The van der Waals surface area contributed by atoms with Crippen molar-refractivity contribution in [2.45, 2.75) is 44.8 Å². The van der Waals surface area contributed by atoms with Gasteiger partial charge in [0.05, 0.1) is 0 Å². The number of amides is 1. The van der Waals surface area contributed by atoms with Gasteiger partial charge in [-0.25, -0.2) is 0 Å². The lowest BCUT2D eigenvalue weighted by molar-refractivity contribution is -0.145. The zero-order chi connectivity index (χ0) is 17.4. The number of aromatic nitrogens is 2. The Morgan fingerprint density at radius 3 is 2.72 bits per heavy atom. The van der Waals surface area contributed by atoms with E-state index in [-0.39, 0.29) is 17.9 Å². The molecule has 4 rings (SSSR count). The van der Waals surface area contributed by atoms with E-state index < -0.39 is 6.10 Å². The van der Waals surface area contributed by atoms with Crippen molar-refractivity contribution in [3.63, 3.8) is 0 Å². The van der Waals surface area contributed by atoms with Crippen LogP contribution in [0.3, 0.4) is 0 Å². The van der Waals surface area contributed by atoms with Gasteiger partial charge in [-0.15, -0.1) is 0 Å². The number of carbonyl (C=O) groups is 1. The second-order valence-corrected chi connectivity index (χ2v) is 6.60. The third-order valence-electron chi connectivity index (χ3n) is 4.73. The van der Waals surface area contributed by atoms with Gasteiger partial charge < -0.3 is 18.9 Å². The van der Waals surface area contributed by atoms with Gasteiger partial charge in [-0.1, -0.05) is 17.3 Å². The van der Waals surface area contributed by atoms with E-state index in [0.29, 0.717) is 36.3 Å². The second kappa shape index (κ2) is 6.38. The SMILES string of the molecule is Cc1nc([C@@H]2CCCN(C(=O)[C@H]3Oc4ccccc4O[C@H]3C)C2)no1. The van der Waals surface area contributed by atoms with Crippen LogP contribution in [-0.4, -0.2) is 46.2 Å². The van der Waals surface area contributed by atoms with E-state index in [1.54, 1.807) is 6.92 Å². The minimum Gasteiger partial charge on any atom is -0.482 e. The van der Waals surface area contributed by atoms with Gasteiger partial charge in [0, 0.05) is 25.9 Å². The fourth-order valence-corrected chi connectivity index (χ4v) is 3.44. The quantitative estimate of drug-likeness (QED) is 0.833. The summed E-state index contributed by atoms with van der Waals surface area (Å²) < 4.78 is 16.9. The molecule has 0 bridgehead atoms. The van der Waals surface area contributed by atoms with Gasteiger partial charge in [0.1, 0.15) is 6.10 Å². The van der Waals surface area contributed by atoms with Crippen LogP contribution in [0.1, 0.15) is 37.4 Å². The van der Waals surface area contributed by atoms with E-state index in [1.165, 1.54) is 0 Å². The minimum absolute atomic E-state index is 0.0491. The number of hydrogen-bond donors (Lipinski definition) is 0. The molecule has 1 saturated heterocycles. The molecule has 2 aliphatic heterocycles. The number of likely N-dealkylation sites (tertiary alicyclic amines) is 1. The molecule has 7 heteroatoms. The van der Waals surface area contributed by atoms with E-state index in [2.05, 4.69) is 10.1 Å². The maximum absolute atomic E-state index is 13.0. The molecule has 3 heterocycles. The summed E-state index contributed by atoms with van der Waals surface area (Å²) in [5.41, 5.74) is 0. The molecule has 1 fully saturated rings. The maximum atomic E-state index is 13.0. The Hall–Kier alpha value is -2.57. The van der Waals surface area contributed by atoms with Crippen LogP contribution in [0.25, 0.3) is 0 Å². The third-order valence-corrected chi connectivity index (χ3v) is 4.73. The molecule has 0 saturated carbocycles. The van der Waals surface area contributed by atoms with Crippen LogP contribution in [0.4, 0.5) is 0 Å². The predicted octanol–water partition coefficient (Wildman–Crippen LogP) is 2.31. The topological polar surface area (TPSA) is 77.7 Å². The lowest BCUT2D eigenvalue weighted by Gasteiger charge is -2.37. The highest BCUT2D eigenvalue weighted by Crippen LogP contribution is 2.34. The van der Waals surface area contributed by atoms with E-state index in [1.807, 2.05) is 36.1 Å². The maximum Gasteiger partial charge on any atom is 0.267 e. The first-order valence-electron chi connectivity index (χ1n) is 8.63. The minimum atomic E-state index is -0.638. The fraction of sp³-hybridized carbons (Fsp3) is 0.500. The molecule has 2 aliphatic rings. The summed E-state index contributed by atoms with van der Waals surface area (Å²) in [7, 11) is 0. The number of aryl methyl sites for hydroxylation is 1. The number of para-hydroxylation sites is 2. The van der Waals surface area contributed by atoms with Crippen molar-refractivity contribution in [1.82, 2.24) is 15.0 Å². The second-order valence-electron chi connectivity index (χ2n) is 6.60. The Bertz CT molecular complexity index is 775. The molecule has 1 amide bonds. The highest BCUT2D eigenvalue weighted by atomic mass is 16.6. The zero-order valence-corrected chi connectivity index (χ0v) is 14.3. The summed E-state index contributed by atoms with van der Waals surface area (Å²) in [6.07, 6.45) is 0.877. The van der Waals surface area contributed by atoms with Gasteiger partial charge in [0.2, 0.25) is 12.0 Å². The van der Waals surface area contributed by atoms with Gasteiger partial charge in [-0.3, -0.25) is 4.79 Å². The molecular weight excluding hydrogens is 322 g/mol. The Balaban J connectivity index is 1.49. The van der Waals surface area contributed by atoms with Crippen molar-refractivity contribution >= 4 is 5.91 Å². The summed E-state index contributed by atoms with van der Waals surface area (Å²) in [4.78, 5) is 19.2. The van der Waals surface area contributed by atoms with E-state index in [0.717, 1.165) is 12.8 Å². The fourth-order valence-electron chi connectivity index (χ4n) is 3.44. The lowest BCUT2D eigenvalue weighted by atomic mass is 9.96. The molecule has 1 aromatic heterocycles. The Kier molecular flexibility index (Phi) is 4.07. The van der Waals surface area contributed by atoms with Gasteiger partial charge in [-0.05, 0) is 31.9 Å². The molecule has 0 unspecified atom stereocenters. The van der Waals surface area contributed by atoms with Gasteiger partial charge in [0.25, 0.3) is 5.91 Å². The van der Waals surface area contributed by atoms with Crippen molar-refractivity contribution in [2.75, 3.05) is 13.1 Å². The summed E-state index contributed by atoms with van der Waals surface area (Å²) in [6.45, 7) is 4.92. The number of carbonyl (C=O) groups excluding carboxylic acids is 1. The molecule has 2 aromatic rings. The molecule has 0 radical (unpaired) electrons. The van der Waals surface area contributed by atoms with Crippen LogP contribution in [0.2, 0.25) is 0 Å². The van der Waals surface area contributed by atoms with Gasteiger partial charge in [0.15, 0.2) is 17.3 Å². The van der Waals surface area contributed by atoms with Crippen molar-refractivity contribution < 1.29 is 18.8 Å². The Labute approximate surface area is 145 Å². The van der Waals surface area contributed by atoms with Crippen LogP contribution in [-0.2, 0) is 4.79 Å². The summed E-state index contributed by atoms with van der Waals surface area (Å²) >= 11 is 0. The molecule has 0 spiro atoms. The van der Waals surface area contributed by atoms with E-state index >= 15 is 0 Å². The molecule has 25 heavy (non-hydrogen) atoms. The number of hydrogen-bond acceptors (Lipinski definition) is 6. The number of benzene rings is 1. The summed E-state index contributed by atoms with van der Waals surface area (Å²) in [6, 6.07) is 7.43. The standard InChI is InChI=1S/C18H21N3O4/c1-11-16(24-15-8-4-3-7-14(15)23-11)18(22)21-9-5-6-13(10-21)17-19-12(2)25-20-17/h3-4,7-8,11,13,16H,5-6,9-10H2,1-2H3/t11-,13+,16-/m0/s1. The number of piperidine rings is 1. The first kappa shape index (κ1) is 15.9. The molecule has 3 atom stereocenters. The van der Waals surface area contributed by atoms with Gasteiger partial charge in [-0.2, -0.15) is 4.98 Å². The van der Waals surface area contributed by atoms with Gasteiger partial charge >= 0.3 is 0 Å². The number of rotatable bonds is 2. The number of nitrogens with zero attached hydrogens (tertiary/aromatic N) is 3. The number of fused-ring (bicyclic) bond motifs is 1. The molecule has 7 nitrogen and oxygen atoms in total. The zero-order valence-electron chi connectivity index (χ0n) is 14.3. The third kappa shape index (κ3) is 3.06. The van der Waals surface area contributed by atoms with Crippen LogP contribution < -0.4 is 9.47 Å². The smallest absolute Gasteiger partial charge is 0.267 e. The first-order chi connectivity index (χ1) is 12.1. The molecular formula is C18H21N3O4. The molecule has 132 valence electrons. The summed E-state index contributed by atoms with van der Waals surface area (Å²) in [5, 5.41) is 4.01. The highest BCUT2D eigenvalue weighted by Gasteiger charge is 2.38. The van der Waals surface area contributed by atoms with Crippen molar-refractivity contribution in [2.24, 2.45) is 0 Å². The normalized spacial score (nSPS) is 25.7. The number of ether oxygens (including phenoxy) is 2. The summed E-state index contributed by atoms with van der Waals surface area (Å²) in [5.74, 6) is 2.57. The first-order valence-corrected chi connectivity index (χ1v) is 8.63. The van der Waals surface area contributed by atoms with Crippen LogP contribution in [0.15, 0.2) is 28.8 Å². The average Bonchev–Trinajstić information content (AvgIpc) is 3.07. The van der Waals surface area contributed by atoms with Crippen LogP contribution >= 0.6 is 0 Å². The van der Waals surface area contributed by atoms with Crippen LogP contribution in [0.5, 0.6) is 11.5 Å².